The molecule has 0 atom stereocenters. The summed E-state index contributed by atoms with van der Waals surface area (Å²) in [4.78, 5) is 0. The number of para-hydroxylation sites is 1. The third kappa shape index (κ3) is 3.19. The fourth-order valence-electron chi connectivity index (χ4n) is 4.44. The molecule has 0 bridgehead atoms. The van der Waals surface area contributed by atoms with Crippen molar-refractivity contribution in [3.8, 4) is 33.4 Å². The van der Waals surface area contributed by atoms with Crippen molar-refractivity contribution in [1.29, 1.82) is 0 Å². The molecule has 2 heteroatoms. The molecule has 5 aromatic carbocycles. The van der Waals surface area contributed by atoms with E-state index < -0.39 is 0 Å². The highest BCUT2D eigenvalue weighted by molar-refractivity contribution is 6.34. The molecular formula is C30H19ClO. The minimum Gasteiger partial charge on any atom is -0.456 e. The molecule has 1 aromatic heterocycles. The van der Waals surface area contributed by atoms with Crippen molar-refractivity contribution >= 4 is 33.5 Å². The molecule has 0 aliphatic heterocycles. The van der Waals surface area contributed by atoms with Gasteiger partial charge < -0.3 is 4.42 Å². The SMILES string of the molecule is Clc1cccc(-c2ccc3c(c2)oc2ccccc23)c1-c1cccc(-c2ccccc2)c1. The lowest BCUT2D eigenvalue weighted by atomic mass is 9.92. The fraction of sp³-hybridized carbons (Fsp3) is 0. The Kier molecular flexibility index (Phi) is 4.56. The van der Waals surface area contributed by atoms with E-state index in [0.29, 0.717) is 0 Å². The third-order valence-corrected chi connectivity index (χ3v) is 6.28. The Morgan fingerprint density at radius 3 is 2.09 bits per heavy atom. The van der Waals surface area contributed by atoms with E-state index in [1.807, 2.05) is 36.4 Å². The van der Waals surface area contributed by atoms with Gasteiger partial charge in [-0.25, -0.2) is 0 Å². The zero-order valence-electron chi connectivity index (χ0n) is 17.3. The number of rotatable bonds is 3. The van der Waals surface area contributed by atoms with E-state index in [0.717, 1.165) is 49.2 Å². The Morgan fingerprint density at radius 1 is 0.469 bits per heavy atom. The number of hydrogen-bond acceptors (Lipinski definition) is 1. The molecule has 0 aliphatic carbocycles. The second-order valence-electron chi connectivity index (χ2n) is 7.92. The van der Waals surface area contributed by atoms with Crippen molar-refractivity contribution in [3.63, 3.8) is 0 Å². The lowest BCUT2D eigenvalue weighted by Crippen LogP contribution is -1.88. The first-order valence-corrected chi connectivity index (χ1v) is 11.0. The van der Waals surface area contributed by atoms with Crippen molar-refractivity contribution in [3.05, 3.63) is 120 Å². The molecule has 0 saturated carbocycles. The number of benzene rings is 5. The minimum atomic E-state index is 0.734. The van der Waals surface area contributed by atoms with Gasteiger partial charge in [-0.2, -0.15) is 0 Å². The number of furan rings is 1. The van der Waals surface area contributed by atoms with Crippen LogP contribution >= 0.6 is 11.6 Å². The van der Waals surface area contributed by atoms with Gasteiger partial charge in [-0.05, 0) is 58.1 Å². The van der Waals surface area contributed by atoms with Crippen LogP contribution in [0.1, 0.15) is 0 Å². The standard InChI is InChI=1S/C30H19ClO/c31-27-14-7-13-24(22-16-17-26-25-12-4-5-15-28(25)32-29(26)19-22)30(27)23-11-6-10-21(18-23)20-8-2-1-3-9-20/h1-19H. The largest absolute Gasteiger partial charge is 0.456 e. The average molecular weight is 431 g/mol. The van der Waals surface area contributed by atoms with E-state index in [2.05, 4.69) is 78.9 Å². The Labute approximate surface area is 191 Å². The molecule has 0 unspecified atom stereocenters. The quantitative estimate of drug-likeness (QED) is 0.272. The number of halogens is 1. The van der Waals surface area contributed by atoms with Gasteiger partial charge in [-0.3, -0.25) is 0 Å². The fourth-order valence-corrected chi connectivity index (χ4v) is 4.72. The van der Waals surface area contributed by atoms with Crippen LogP contribution in [0.25, 0.3) is 55.3 Å². The zero-order chi connectivity index (χ0) is 21.5. The van der Waals surface area contributed by atoms with Gasteiger partial charge in [-0.15, -0.1) is 0 Å². The lowest BCUT2D eigenvalue weighted by Gasteiger charge is -2.14. The van der Waals surface area contributed by atoms with E-state index in [-0.39, 0.29) is 0 Å². The van der Waals surface area contributed by atoms with Crippen LogP contribution in [0.5, 0.6) is 0 Å². The molecule has 1 nitrogen and oxygen atoms in total. The average Bonchev–Trinajstić information content (AvgIpc) is 3.22. The smallest absolute Gasteiger partial charge is 0.136 e. The predicted octanol–water partition coefficient (Wildman–Crippen LogP) is 9.24. The Balaban J connectivity index is 1.53. The number of fused-ring (bicyclic) bond motifs is 3. The van der Waals surface area contributed by atoms with Gasteiger partial charge in [0.2, 0.25) is 0 Å². The molecule has 6 rings (SSSR count). The zero-order valence-corrected chi connectivity index (χ0v) is 18.0. The van der Waals surface area contributed by atoms with Crippen molar-refractivity contribution in [1.82, 2.24) is 0 Å². The molecule has 0 spiro atoms. The van der Waals surface area contributed by atoms with Crippen molar-refractivity contribution in [2.75, 3.05) is 0 Å². The van der Waals surface area contributed by atoms with Crippen LogP contribution < -0.4 is 0 Å². The summed E-state index contributed by atoms with van der Waals surface area (Å²) in [5.41, 5.74) is 8.44. The van der Waals surface area contributed by atoms with Crippen molar-refractivity contribution in [2.24, 2.45) is 0 Å². The van der Waals surface area contributed by atoms with Crippen LogP contribution in [-0.2, 0) is 0 Å². The summed E-state index contributed by atoms with van der Waals surface area (Å²) in [5, 5.41) is 2.99. The van der Waals surface area contributed by atoms with Crippen LogP contribution in [0.3, 0.4) is 0 Å². The van der Waals surface area contributed by atoms with Gasteiger partial charge in [0.1, 0.15) is 11.2 Å². The molecule has 1 heterocycles. The summed E-state index contributed by atoms with van der Waals surface area (Å²) >= 11 is 6.77. The summed E-state index contributed by atoms with van der Waals surface area (Å²) in [7, 11) is 0. The first kappa shape index (κ1) is 18.9. The molecular weight excluding hydrogens is 412 g/mol. The molecule has 32 heavy (non-hydrogen) atoms. The monoisotopic (exact) mass is 430 g/mol. The van der Waals surface area contributed by atoms with E-state index in [4.69, 9.17) is 16.0 Å². The lowest BCUT2D eigenvalue weighted by molar-refractivity contribution is 0.669. The normalized spacial score (nSPS) is 11.3. The molecule has 6 aromatic rings. The van der Waals surface area contributed by atoms with Crippen molar-refractivity contribution in [2.45, 2.75) is 0 Å². The third-order valence-electron chi connectivity index (χ3n) is 5.96. The summed E-state index contributed by atoms with van der Waals surface area (Å²) < 4.78 is 6.13. The van der Waals surface area contributed by atoms with Crippen LogP contribution in [0.4, 0.5) is 0 Å². The molecule has 0 radical (unpaired) electrons. The van der Waals surface area contributed by atoms with E-state index >= 15 is 0 Å². The minimum absolute atomic E-state index is 0.734. The van der Waals surface area contributed by atoms with E-state index in [1.54, 1.807) is 0 Å². The highest BCUT2D eigenvalue weighted by atomic mass is 35.5. The Hall–Kier alpha value is -3.81. The van der Waals surface area contributed by atoms with Gasteiger partial charge in [0, 0.05) is 21.4 Å². The van der Waals surface area contributed by atoms with Crippen LogP contribution in [0, 0.1) is 0 Å². The highest BCUT2D eigenvalue weighted by Gasteiger charge is 2.14. The summed E-state index contributed by atoms with van der Waals surface area (Å²) in [5.74, 6) is 0. The van der Waals surface area contributed by atoms with E-state index in [1.165, 1.54) is 11.1 Å². The maximum Gasteiger partial charge on any atom is 0.136 e. The molecule has 0 amide bonds. The topological polar surface area (TPSA) is 13.1 Å². The second-order valence-corrected chi connectivity index (χ2v) is 8.33. The molecule has 0 N–H and O–H groups in total. The van der Waals surface area contributed by atoms with Gasteiger partial charge >= 0.3 is 0 Å². The van der Waals surface area contributed by atoms with Crippen LogP contribution in [0.2, 0.25) is 5.02 Å². The van der Waals surface area contributed by atoms with Gasteiger partial charge in [0.05, 0.1) is 0 Å². The Morgan fingerprint density at radius 2 is 1.19 bits per heavy atom. The molecule has 0 aliphatic rings. The Bertz CT molecular complexity index is 1580. The maximum atomic E-state index is 6.77. The second kappa shape index (κ2) is 7.71. The maximum absolute atomic E-state index is 6.77. The van der Waals surface area contributed by atoms with Crippen LogP contribution in [0.15, 0.2) is 120 Å². The number of hydrogen-bond donors (Lipinski definition) is 0. The summed E-state index contributed by atoms with van der Waals surface area (Å²) in [6.07, 6.45) is 0. The van der Waals surface area contributed by atoms with Gasteiger partial charge in [0.25, 0.3) is 0 Å². The summed E-state index contributed by atoms with van der Waals surface area (Å²) in [6, 6.07) is 39.6. The van der Waals surface area contributed by atoms with E-state index in [9.17, 15) is 0 Å². The molecule has 0 fully saturated rings. The first-order chi connectivity index (χ1) is 15.8. The van der Waals surface area contributed by atoms with Gasteiger partial charge in [-0.1, -0.05) is 96.5 Å². The predicted molar refractivity (Wildman–Crippen MR) is 135 cm³/mol. The summed E-state index contributed by atoms with van der Waals surface area (Å²) in [6.45, 7) is 0. The molecule has 152 valence electrons. The van der Waals surface area contributed by atoms with Gasteiger partial charge in [0.15, 0.2) is 0 Å². The highest BCUT2D eigenvalue weighted by Crippen LogP contribution is 2.40. The first-order valence-electron chi connectivity index (χ1n) is 10.6. The van der Waals surface area contributed by atoms with Crippen LogP contribution in [-0.4, -0.2) is 0 Å². The molecule has 0 saturated heterocycles. The van der Waals surface area contributed by atoms with Crippen molar-refractivity contribution < 1.29 is 4.42 Å².